The third-order valence-electron chi connectivity index (χ3n) is 0.801. The molecular formula is C5H5BrOS. The first-order chi connectivity index (χ1) is 3.93. The summed E-state index contributed by atoms with van der Waals surface area (Å²) in [6.07, 6.45) is 0. The topological polar surface area (TPSA) is 9.23 Å². The fraction of sp³-hybridized carbons (Fsp3) is 0.200. The van der Waals surface area contributed by atoms with Gasteiger partial charge in [0.1, 0.15) is 0 Å². The first-order valence-electron chi connectivity index (χ1n) is 2.18. The number of halogens is 1. The van der Waals surface area contributed by atoms with Gasteiger partial charge in [-0.05, 0) is 22.4 Å². The lowest BCUT2D eigenvalue weighted by Crippen LogP contribution is -1.75. The van der Waals surface area contributed by atoms with E-state index in [-0.39, 0.29) is 0 Å². The lowest BCUT2D eigenvalue weighted by atomic mass is 10.4. The second kappa shape index (κ2) is 3.22. The van der Waals surface area contributed by atoms with Gasteiger partial charge in [0.25, 0.3) is 0 Å². The maximum Gasteiger partial charge on any atom is 0.0991 e. The van der Waals surface area contributed by atoms with Crippen LogP contribution in [0.3, 0.4) is 0 Å². The molecule has 0 aliphatic carbocycles. The fourth-order valence-electron chi connectivity index (χ4n) is 0.438. The van der Waals surface area contributed by atoms with Crippen molar-refractivity contribution in [3.8, 4) is 0 Å². The lowest BCUT2D eigenvalue weighted by molar-refractivity contribution is 0.388. The van der Waals surface area contributed by atoms with Crippen LogP contribution in [0.25, 0.3) is 0 Å². The van der Waals surface area contributed by atoms with Crippen molar-refractivity contribution >= 4 is 27.6 Å². The molecule has 0 unspecified atom stereocenters. The van der Waals surface area contributed by atoms with Crippen LogP contribution in [0.2, 0.25) is 0 Å². The Morgan fingerprint density at radius 2 is 2.62 bits per heavy atom. The summed E-state index contributed by atoms with van der Waals surface area (Å²) in [4.78, 5) is 0. The van der Waals surface area contributed by atoms with Gasteiger partial charge in [-0.1, -0.05) is 0 Å². The van der Waals surface area contributed by atoms with Crippen LogP contribution < -0.4 is 0 Å². The largest absolute Gasteiger partial charge is 0.303 e. The highest BCUT2D eigenvalue weighted by molar-refractivity contribution is 9.06. The van der Waals surface area contributed by atoms with E-state index >= 15 is 0 Å². The highest BCUT2D eigenvalue weighted by Gasteiger charge is 1.87. The molecule has 1 aromatic rings. The molecule has 0 aliphatic rings. The Hall–Kier alpha value is 0.140. The zero-order valence-electron chi connectivity index (χ0n) is 4.13. The average molecular weight is 193 g/mol. The summed E-state index contributed by atoms with van der Waals surface area (Å²) in [5, 5.41) is 4.09. The molecule has 0 radical (unpaired) electrons. The van der Waals surface area contributed by atoms with E-state index in [9.17, 15) is 0 Å². The molecule has 0 bridgehead atoms. The first kappa shape index (κ1) is 6.26. The second-order valence-electron chi connectivity index (χ2n) is 1.39. The average Bonchev–Trinajstić information content (AvgIpc) is 2.19. The van der Waals surface area contributed by atoms with Crippen molar-refractivity contribution in [3.05, 3.63) is 22.4 Å². The van der Waals surface area contributed by atoms with Gasteiger partial charge < -0.3 is 3.83 Å². The molecule has 0 fully saturated rings. The monoisotopic (exact) mass is 192 g/mol. The van der Waals surface area contributed by atoms with Crippen molar-refractivity contribution in [2.75, 3.05) is 0 Å². The predicted molar refractivity (Wildman–Crippen MR) is 38.0 cm³/mol. The smallest absolute Gasteiger partial charge is 0.0991 e. The Bertz CT molecular complexity index is 138. The van der Waals surface area contributed by atoms with E-state index in [0.717, 1.165) is 0 Å². The SMILES string of the molecule is BrOCc1ccsc1. The van der Waals surface area contributed by atoms with E-state index in [1.165, 1.54) is 5.56 Å². The molecule has 0 atom stereocenters. The van der Waals surface area contributed by atoms with Crippen molar-refractivity contribution in [3.63, 3.8) is 0 Å². The van der Waals surface area contributed by atoms with Gasteiger partial charge in [0.05, 0.1) is 22.9 Å². The van der Waals surface area contributed by atoms with E-state index in [1.807, 2.05) is 11.4 Å². The predicted octanol–water partition coefficient (Wildman–Crippen LogP) is 2.57. The molecule has 0 N–H and O–H groups in total. The lowest BCUT2D eigenvalue weighted by Gasteiger charge is -1.86. The summed E-state index contributed by atoms with van der Waals surface area (Å²) in [6, 6.07) is 2.03. The van der Waals surface area contributed by atoms with Gasteiger partial charge >= 0.3 is 0 Å². The third-order valence-corrected chi connectivity index (χ3v) is 1.76. The van der Waals surface area contributed by atoms with Gasteiger partial charge in [-0.15, -0.1) is 0 Å². The molecular weight excluding hydrogens is 188 g/mol. The van der Waals surface area contributed by atoms with Gasteiger partial charge in [-0.25, -0.2) is 0 Å². The van der Waals surface area contributed by atoms with Crippen LogP contribution in [0.15, 0.2) is 16.8 Å². The van der Waals surface area contributed by atoms with Crippen LogP contribution >= 0.6 is 27.6 Å². The van der Waals surface area contributed by atoms with Crippen molar-refractivity contribution in [1.82, 2.24) is 0 Å². The Kier molecular flexibility index (Phi) is 2.52. The summed E-state index contributed by atoms with van der Waals surface area (Å²) in [6.45, 7) is 0.656. The minimum atomic E-state index is 0.656. The van der Waals surface area contributed by atoms with E-state index in [1.54, 1.807) is 11.3 Å². The Morgan fingerprint density at radius 3 is 3.12 bits per heavy atom. The van der Waals surface area contributed by atoms with E-state index in [0.29, 0.717) is 6.61 Å². The number of thiophene rings is 1. The van der Waals surface area contributed by atoms with Gasteiger partial charge in [0.2, 0.25) is 0 Å². The summed E-state index contributed by atoms with van der Waals surface area (Å²) in [5.41, 5.74) is 1.21. The molecule has 0 amide bonds. The zero-order valence-corrected chi connectivity index (χ0v) is 6.54. The fourth-order valence-corrected chi connectivity index (χ4v) is 1.36. The molecule has 0 saturated heterocycles. The van der Waals surface area contributed by atoms with Crippen LogP contribution in [0.5, 0.6) is 0 Å². The van der Waals surface area contributed by atoms with E-state index in [4.69, 9.17) is 3.83 Å². The highest BCUT2D eigenvalue weighted by Crippen LogP contribution is 2.07. The Morgan fingerprint density at radius 1 is 1.75 bits per heavy atom. The summed E-state index contributed by atoms with van der Waals surface area (Å²) in [5.74, 6) is 0. The maximum atomic E-state index is 4.71. The summed E-state index contributed by atoms with van der Waals surface area (Å²) in [7, 11) is 0. The molecule has 1 heterocycles. The normalized spacial score (nSPS) is 9.62. The Labute approximate surface area is 60.7 Å². The number of hydrogen-bond donors (Lipinski definition) is 0. The van der Waals surface area contributed by atoms with E-state index < -0.39 is 0 Å². The minimum absolute atomic E-state index is 0.656. The standard InChI is InChI=1S/C5H5BrOS/c6-7-3-5-1-2-8-4-5/h1-2,4H,3H2. The molecule has 3 heteroatoms. The minimum Gasteiger partial charge on any atom is -0.303 e. The molecule has 1 aromatic heterocycles. The highest BCUT2D eigenvalue weighted by atomic mass is 79.9. The molecule has 0 aromatic carbocycles. The van der Waals surface area contributed by atoms with Crippen LogP contribution in [-0.2, 0) is 10.4 Å². The van der Waals surface area contributed by atoms with Crippen LogP contribution in [0, 0.1) is 0 Å². The van der Waals surface area contributed by atoms with Crippen LogP contribution in [0.1, 0.15) is 5.56 Å². The van der Waals surface area contributed by atoms with Crippen molar-refractivity contribution in [2.24, 2.45) is 0 Å². The summed E-state index contributed by atoms with van der Waals surface area (Å²) < 4.78 is 4.71. The van der Waals surface area contributed by atoms with Gasteiger partial charge in [-0.3, -0.25) is 0 Å². The van der Waals surface area contributed by atoms with Gasteiger partial charge in [0, 0.05) is 0 Å². The molecule has 1 rings (SSSR count). The molecule has 44 valence electrons. The van der Waals surface area contributed by atoms with Gasteiger partial charge in [0.15, 0.2) is 0 Å². The third kappa shape index (κ3) is 1.58. The zero-order chi connectivity index (χ0) is 5.82. The van der Waals surface area contributed by atoms with Crippen molar-refractivity contribution in [2.45, 2.75) is 6.61 Å². The molecule has 8 heavy (non-hydrogen) atoms. The molecule has 0 spiro atoms. The van der Waals surface area contributed by atoms with Crippen molar-refractivity contribution < 1.29 is 3.83 Å². The number of rotatable bonds is 2. The van der Waals surface area contributed by atoms with Gasteiger partial charge in [-0.2, -0.15) is 11.3 Å². The maximum absolute atomic E-state index is 4.71. The summed E-state index contributed by atoms with van der Waals surface area (Å²) >= 11 is 4.55. The Balaban J connectivity index is 2.50. The molecule has 0 aliphatic heterocycles. The van der Waals surface area contributed by atoms with Crippen LogP contribution in [0.4, 0.5) is 0 Å². The van der Waals surface area contributed by atoms with Crippen LogP contribution in [-0.4, -0.2) is 0 Å². The first-order valence-corrected chi connectivity index (χ1v) is 3.77. The molecule has 1 nitrogen and oxygen atoms in total. The molecule has 0 saturated carbocycles. The van der Waals surface area contributed by atoms with Crippen molar-refractivity contribution in [1.29, 1.82) is 0 Å². The second-order valence-corrected chi connectivity index (χ2v) is 2.62. The quantitative estimate of drug-likeness (QED) is 0.701. The number of hydrogen-bond acceptors (Lipinski definition) is 2. The van der Waals surface area contributed by atoms with E-state index in [2.05, 4.69) is 21.6 Å².